The summed E-state index contributed by atoms with van der Waals surface area (Å²) < 4.78 is 0.669. The van der Waals surface area contributed by atoms with E-state index in [4.69, 9.17) is 5.73 Å². The van der Waals surface area contributed by atoms with Crippen LogP contribution in [0.25, 0.3) is 0 Å². The third kappa shape index (κ3) is 2.98. The summed E-state index contributed by atoms with van der Waals surface area (Å²) in [7, 11) is 0. The van der Waals surface area contributed by atoms with Gasteiger partial charge in [-0.2, -0.15) is 0 Å². The highest BCUT2D eigenvalue weighted by Gasteiger charge is 2.12. The van der Waals surface area contributed by atoms with Crippen molar-refractivity contribution in [1.29, 1.82) is 0 Å². The number of hydrogen-bond donors (Lipinski definition) is 2. The van der Waals surface area contributed by atoms with Gasteiger partial charge in [0.15, 0.2) is 11.6 Å². The molecule has 0 spiro atoms. The van der Waals surface area contributed by atoms with Crippen molar-refractivity contribution in [3.63, 3.8) is 0 Å². The molecule has 0 radical (unpaired) electrons. The third-order valence-corrected chi connectivity index (χ3v) is 3.07. The molecule has 94 valence electrons. The second kappa shape index (κ2) is 5.82. The summed E-state index contributed by atoms with van der Waals surface area (Å²) in [6.07, 6.45) is 2.53. The Morgan fingerprint density at radius 3 is 2.72 bits per heavy atom. The fourth-order valence-electron chi connectivity index (χ4n) is 1.75. The maximum atomic E-state index is 5.81. The van der Waals surface area contributed by atoms with Gasteiger partial charge >= 0.3 is 0 Å². The zero-order valence-corrected chi connectivity index (χ0v) is 11.7. The van der Waals surface area contributed by atoms with E-state index in [0.29, 0.717) is 16.2 Å². The topological polar surface area (TPSA) is 63.8 Å². The Morgan fingerprint density at radius 2 is 2.06 bits per heavy atom. The standard InChI is InChI=1S/C13H15BrN4/c1-2-10(9-6-4-3-5-7-9)17-13-12(15)16-8-11(14)18-13/h3-8,10H,2H2,1H3,(H2,15,16)(H,17,18)/t10-/m1/s1. The van der Waals surface area contributed by atoms with Crippen LogP contribution in [0.3, 0.4) is 0 Å². The van der Waals surface area contributed by atoms with Crippen LogP contribution in [-0.2, 0) is 0 Å². The van der Waals surface area contributed by atoms with Gasteiger partial charge in [0.25, 0.3) is 0 Å². The van der Waals surface area contributed by atoms with E-state index in [1.54, 1.807) is 6.20 Å². The fourth-order valence-corrected chi connectivity index (χ4v) is 2.03. The summed E-state index contributed by atoms with van der Waals surface area (Å²) in [6.45, 7) is 2.12. The Balaban J connectivity index is 2.23. The van der Waals surface area contributed by atoms with E-state index < -0.39 is 0 Å². The molecule has 1 aromatic heterocycles. The van der Waals surface area contributed by atoms with Crippen molar-refractivity contribution in [2.45, 2.75) is 19.4 Å². The van der Waals surface area contributed by atoms with Gasteiger partial charge in [0.2, 0.25) is 0 Å². The molecule has 0 unspecified atom stereocenters. The minimum absolute atomic E-state index is 0.178. The van der Waals surface area contributed by atoms with Gasteiger partial charge in [-0.3, -0.25) is 0 Å². The molecule has 18 heavy (non-hydrogen) atoms. The Labute approximate surface area is 115 Å². The number of nitrogens with two attached hydrogens (primary N) is 1. The summed E-state index contributed by atoms with van der Waals surface area (Å²) in [5, 5.41) is 3.33. The molecule has 5 heteroatoms. The van der Waals surface area contributed by atoms with Crippen molar-refractivity contribution in [3.8, 4) is 0 Å². The van der Waals surface area contributed by atoms with Crippen LogP contribution in [0, 0.1) is 0 Å². The van der Waals surface area contributed by atoms with Crippen molar-refractivity contribution in [1.82, 2.24) is 9.97 Å². The largest absolute Gasteiger partial charge is 0.381 e. The van der Waals surface area contributed by atoms with Crippen molar-refractivity contribution in [3.05, 3.63) is 46.7 Å². The molecule has 0 fully saturated rings. The Morgan fingerprint density at radius 1 is 1.33 bits per heavy atom. The molecule has 4 nitrogen and oxygen atoms in total. The molecule has 0 amide bonds. The van der Waals surface area contributed by atoms with Gasteiger partial charge in [-0.1, -0.05) is 37.3 Å². The van der Waals surface area contributed by atoms with Crippen molar-refractivity contribution < 1.29 is 0 Å². The van der Waals surface area contributed by atoms with Gasteiger partial charge in [0.1, 0.15) is 4.60 Å². The number of benzene rings is 1. The number of hydrogen-bond acceptors (Lipinski definition) is 4. The normalized spacial score (nSPS) is 12.1. The Bertz CT molecular complexity index is 516. The zero-order chi connectivity index (χ0) is 13.0. The summed E-state index contributed by atoms with van der Waals surface area (Å²) in [5.74, 6) is 1.02. The van der Waals surface area contributed by atoms with E-state index in [9.17, 15) is 0 Å². The highest BCUT2D eigenvalue weighted by Crippen LogP contribution is 2.24. The number of nitrogens with zero attached hydrogens (tertiary/aromatic N) is 2. The molecular formula is C13H15BrN4. The molecule has 1 atom stereocenters. The monoisotopic (exact) mass is 306 g/mol. The van der Waals surface area contributed by atoms with E-state index in [1.165, 1.54) is 5.56 Å². The quantitative estimate of drug-likeness (QED) is 0.909. The van der Waals surface area contributed by atoms with Gasteiger partial charge in [0.05, 0.1) is 12.2 Å². The minimum atomic E-state index is 0.178. The lowest BCUT2D eigenvalue weighted by Gasteiger charge is -2.18. The predicted octanol–water partition coefficient (Wildman–Crippen LogP) is 3.38. The van der Waals surface area contributed by atoms with E-state index in [1.807, 2.05) is 18.2 Å². The first-order valence-corrected chi connectivity index (χ1v) is 6.59. The summed E-state index contributed by atoms with van der Waals surface area (Å²) in [4.78, 5) is 8.37. The second-order valence-electron chi connectivity index (χ2n) is 3.94. The molecule has 0 bridgehead atoms. The van der Waals surface area contributed by atoms with E-state index in [-0.39, 0.29) is 6.04 Å². The lowest BCUT2D eigenvalue weighted by molar-refractivity contribution is 0.743. The Kier molecular flexibility index (Phi) is 4.15. The van der Waals surface area contributed by atoms with Crippen LogP contribution in [0.2, 0.25) is 0 Å². The fraction of sp³-hybridized carbons (Fsp3) is 0.231. The highest BCUT2D eigenvalue weighted by atomic mass is 79.9. The number of aromatic nitrogens is 2. The second-order valence-corrected chi connectivity index (χ2v) is 4.75. The maximum absolute atomic E-state index is 5.81. The van der Waals surface area contributed by atoms with Crippen LogP contribution in [0.5, 0.6) is 0 Å². The number of anilines is 2. The smallest absolute Gasteiger partial charge is 0.170 e. The van der Waals surface area contributed by atoms with Gasteiger partial charge in [-0.15, -0.1) is 0 Å². The molecule has 0 aliphatic rings. The molecule has 3 N–H and O–H groups in total. The lowest BCUT2D eigenvalue weighted by Crippen LogP contribution is -2.13. The van der Waals surface area contributed by atoms with Crippen LogP contribution >= 0.6 is 15.9 Å². The molecule has 2 rings (SSSR count). The third-order valence-electron chi connectivity index (χ3n) is 2.69. The first-order chi connectivity index (χ1) is 8.70. The SMILES string of the molecule is CC[C@@H](Nc1nc(Br)cnc1N)c1ccccc1. The van der Waals surface area contributed by atoms with Gasteiger partial charge < -0.3 is 11.1 Å². The molecule has 0 aliphatic heterocycles. The van der Waals surface area contributed by atoms with Gasteiger partial charge in [0, 0.05) is 0 Å². The molecule has 0 aliphatic carbocycles. The van der Waals surface area contributed by atoms with Gasteiger partial charge in [-0.05, 0) is 27.9 Å². The van der Waals surface area contributed by atoms with Crippen LogP contribution in [0.4, 0.5) is 11.6 Å². The molecular weight excluding hydrogens is 292 g/mol. The van der Waals surface area contributed by atoms with Crippen molar-refractivity contribution in [2.24, 2.45) is 0 Å². The van der Waals surface area contributed by atoms with E-state index >= 15 is 0 Å². The van der Waals surface area contributed by atoms with Crippen LogP contribution in [0.1, 0.15) is 24.9 Å². The molecule has 2 aromatic rings. The average Bonchev–Trinajstić information content (AvgIpc) is 2.41. The molecule has 1 aromatic carbocycles. The van der Waals surface area contributed by atoms with Crippen molar-refractivity contribution in [2.75, 3.05) is 11.1 Å². The van der Waals surface area contributed by atoms with Crippen LogP contribution < -0.4 is 11.1 Å². The van der Waals surface area contributed by atoms with Crippen molar-refractivity contribution >= 4 is 27.6 Å². The molecule has 1 heterocycles. The maximum Gasteiger partial charge on any atom is 0.170 e. The number of nitrogen functional groups attached to an aromatic ring is 1. The van der Waals surface area contributed by atoms with Crippen LogP contribution in [-0.4, -0.2) is 9.97 Å². The molecule has 0 saturated heterocycles. The average molecular weight is 307 g/mol. The van der Waals surface area contributed by atoms with E-state index in [0.717, 1.165) is 6.42 Å². The van der Waals surface area contributed by atoms with E-state index in [2.05, 4.69) is 50.3 Å². The number of nitrogens with one attached hydrogen (secondary N) is 1. The van der Waals surface area contributed by atoms with Gasteiger partial charge in [-0.25, -0.2) is 9.97 Å². The summed E-state index contributed by atoms with van der Waals surface area (Å²) >= 11 is 3.30. The zero-order valence-electron chi connectivity index (χ0n) is 10.1. The Hall–Kier alpha value is -1.62. The number of halogens is 1. The van der Waals surface area contributed by atoms with Crippen LogP contribution in [0.15, 0.2) is 41.1 Å². The first-order valence-electron chi connectivity index (χ1n) is 5.80. The highest BCUT2D eigenvalue weighted by molar-refractivity contribution is 9.10. The number of rotatable bonds is 4. The summed E-state index contributed by atoms with van der Waals surface area (Å²) in [5.41, 5.74) is 7.02. The summed E-state index contributed by atoms with van der Waals surface area (Å²) in [6, 6.07) is 10.4. The predicted molar refractivity (Wildman–Crippen MR) is 77.2 cm³/mol. The first kappa shape index (κ1) is 12.8. The minimum Gasteiger partial charge on any atom is -0.381 e. The lowest BCUT2D eigenvalue weighted by atomic mass is 10.0. The molecule has 0 saturated carbocycles.